The number of hydrogen-bond donors (Lipinski definition) is 1. The Labute approximate surface area is 144 Å². The minimum absolute atomic E-state index is 0.327. The summed E-state index contributed by atoms with van der Waals surface area (Å²) in [5.41, 5.74) is 0. The molecule has 0 unspecified atom stereocenters. The number of rotatable bonds is 5. The number of carbonyl (C=O) groups is 1. The highest BCUT2D eigenvalue weighted by atomic mass is 32.2. The van der Waals surface area contributed by atoms with Crippen molar-refractivity contribution < 1.29 is 14.6 Å². The highest BCUT2D eigenvalue weighted by molar-refractivity contribution is 7.99. The van der Waals surface area contributed by atoms with Crippen LogP contribution in [0.1, 0.15) is 12.8 Å². The van der Waals surface area contributed by atoms with Gasteiger partial charge in [-0.15, -0.1) is 10.2 Å². The van der Waals surface area contributed by atoms with Crippen LogP contribution in [0, 0.1) is 5.92 Å². The molecule has 0 radical (unpaired) electrons. The molecular formula is C17H19N3O3S. The van der Waals surface area contributed by atoms with Crippen LogP contribution >= 0.6 is 11.8 Å². The van der Waals surface area contributed by atoms with E-state index in [0.717, 1.165) is 40.9 Å². The minimum atomic E-state index is -0.738. The van der Waals surface area contributed by atoms with Gasteiger partial charge in [0.15, 0.2) is 5.82 Å². The van der Waals surface area contributed by atoms with Crippen LogP contribution in [0.2, 0.25) is 0 Å². The molecule has 7 heteroatoms. The van der Waals surface area contributed by atoms with Crippen LogP contribution in [0.25, 0.3) is 0 Å². The van der Waals surface area contributed by atoms with Gasteiger partial charge in [-0.1, -0.05) is 17.8 Å². The van der Waals surface area contributed by atoms with E-state index < -0.39 is 5.97 Å². The van der Waals surface area contributed by atoms with Crippen molar-refractivity contribution in [2.24, 2.45) is 5.92 Å². The van der Waals surface area contributed by atoms with Crippen molar-refractivity contribution in [2.75, 3.05) is 25.1 Å². The number of aromatic nitrogens is 2. The second-order valence-electron chi connectivity index (χ2n) is 5.63. The van der Waals surface area contributed by atoms with E-state index in [1.54, 1.807) is 7.11 Å². The molecule has 1 atom stereocenters. The lowest BCUT2D eigenvalue weighted by Crippen LogP contribution is -2.39. The zero-order chi connectivity index (χ0) is 16.9. The number of benzene rings is 1. The molecule has 0 amide bonds. The summed E-state index contributed by atoms with van der Waals surface area (Å²) in [6.45, 7) is 1.31. The first-order valence-electron chi connectivity index (χ1n) is 7.79. The van der Waals surface area contributed by atoms with Gasteiger partial charge in [-0.3, -0.25) is 4.79 Å². The SMILES string of the molecule is COc1cccc(Sc2ccc(N3CCC[C@@H](C(=O)O)C3)nn2)c1. The van der Waals surface area contributed by atoms with Gasteiger partial charge in [-0.2, -0.15) is 0 Å². The summed E-state index contributed by atoms with van der Waals surface area (Å²) >= 11 is 1.51. The second kappa shape index (κ2) is 7.53. The van der Waals surface area contributed by atoms with Crippen LogP contribution < -0.4 is 9.64 Å². The number of methoxy groups -OCH3 is 1. The number of anilines is 1. The Balaban J connectivity index is 1.67. The first-order chi connectivity index (χ1) is 11.7. The summed E-state index contributed by atoms with van der Waals surface area (Å²) < 4.78 is 5.22. The van der Waals surface area contributed by atoms with Crippen LogP contribution in [0.5, 0.6) is 5.75 Å². The molecule has 3 rings (SSSR count). The molecule has 0 saturated carbocycles. The maximum Gasteiger partial charge on any atom is 0.308 e. The van der Waals surface area contributed by atoms with Crippen molar-refractivity contribution in [2.45, 2.75) is 22.8 Å². The van der Waals surface area contributed by atoms with E-state index in [-0.39, 0.29) is 5.92 Å². The van der Waals surface area contributed by atoms with E-state index in [2.05, 4.69) is 10.2 Å². The summed E-state index contributed by atoms with van der Waals surface area (Å²) in [7, 11) is 1.64. The number of ether oxygens (including phenoxy) is 1. The second-order valence-corrected chi connectivity index (χ2v) is 6.73. The molecule has 0 spiro atoms. The number of piperidine rings is 1. The zero-order valence-corrected chi connectivity index (χ0v) is 14.2. The van der Waals surface area contributed by atoms with E-state index in [9.17, 15) is 9.90 Å². The molecule has 1 N–H and O–H groups in total. The van der Waals surface area contributed by atoms with Gasteiger partial charge in [-0.05, 0) is 43.2 Å². The smallest absolute Gasteiger partial charge is 0.308 e. The third-order valence-electron chi connectivity index (χ3n) is 3.98. The summed E-state index contributed by atoms with van der Waals surface area (Å²) in [5.74, 6) is 0.470. The average molecular weight is 345 g/mol. The Morgan fingerprint density at radius 2 is 2.21 bits per heavy atom. The molecule has 1 fully saturated rings. The zero-order valence-electron chi connectivity index (χ0n) is 13.4. The van der Waals surface area contributed by atoms with Gasteiger partial charge in [0.25, 0.3) is 0 Å². The quantitative estimate of drug-likeness (QED) is 0.893. The van der Waals surface area contributed by atoms with Gasteiger partial charge in [-0.25, -0.2) is 0 Å². The van der Waals surface area contributed by atoms with Gasteiger partial charge in [0.1, 0.15) is 10.8 Å². The molecule has 24 heavy (non-hydrogen) atoms. The van der Waals surface area contributed by atoms with Crippen LogP contribution in [-0.2, 0) is 4.79 Å². The maximum atomic E-state index is 11.2. The fraction of sp³-hybridized carbons (Fsp3) is 0.353. The van der Waals surface area contributed by atoms with Crippen molar-refractivity contribution in [1.82, 2.24) is 10.2 Å². The van der Waals surface area contributed by atoms with Crippen molar-refractivity contribution in [3.8, 4) is 5.75 Å². The summed E-state index contributed by atoms with van der Waals surface area (Å²) in [4.78, 5) is 14.2. The van der Waals surface area contributed by atoms with Gasteiger partial charge >= 0.3 is 5.97 Å². The fourth-order valence-electron chi connectivity index (χ4n) is 2.71. The Morgan fingerprint density at radius 1 is 1.33 bits per heavy atom. The lowest BCUT2D eigenvalue weighted by Gasteiger charge is -2.31. The van der Waals surface area contributed by atoms with Crippen molar-refractivity contribution in [3.05, 3.63) is 36.4 Å². The predicted molar refractivity (Wildman–Crippen MR) is 91.7 cm³/mol. The van der Waals surface area contributed by atoms with Gasteiger partial charge < -0.3 is 14.7 Å². The van der Waals surface area contributed by atoms with Crippen molar-refractivity contribution in [1.29, 1.82) is 0 Å². The highest BCUT2D eigenvalue weighted by Crippen LogP contribution is 2.29. The van der Waals surface area contributed by atoms with E-state index >= 15 is 0 Å². The highest BCUT2D eigenvalue weighted by Gasteiger charge is 2.26. The van der Waals surface area contributed by atoms with E-state index in [1.165, 1.54) is 11.8 Å². The molecule has 0 bridgehead atoms. The molecular weight excluding hydrogens is 326 g/mol. The molecule has 2 heterocycles. The number of carboxylic acid groups (broad SMARTS) is 1. The summed E-state index contributed by atoms with van der Waals surface area (Å²) in [6, 6.07) is 11.6. The first kappa shape index (κ1) is 16.6. The molecule has 1 aromatic carbocycles. The lowest BCUT2D eigenvalue weighted by atomic mass is 9.98. The van der Waals surface area contributed by atoms with Crippen LogP contribution in [-0.4, -0.2) is 41.5 Å². The average Bonchev–Trinajstić information content (AvgIpc) is 2.62. The molecule has 1 aromatic heterocycles. The molecule has 1 saturated heterocycles. The third kappa shape index (κ3) is 3.97. The van der Waals surface area contributed by atoms with Crippen LogP contribution in [0.3, 0.4) is 0 Å². The molecule has 1 aliphatic rings. The van der Waals surface area contributed by atoms with E-state index in [1.807, 2.05) is 41.3 Å². The van der Waals surface area contributed by atoms with Crippen molar-refractivity contribution >= 4 is 23.5 Å². The first-order valence-corrected chi connectivity index (χ1v) is 8.61. The fourth-order valence-corrected chi connectivity index (χ4v) is 3.49. The summed E-state index contributed by atoms with van der Waals surface area (Å²) in [5, 5.41) is 18.5. The van der Waals surface area contributed by atoms with Gasteiger partial charge in [0.2, 0.25) is 0 Å². The van der Waals surface area contributed by atoms with Crippen LogP contribution in [0.4, 0.5) is 5.82 Å². The van der Waals surface area contributed by atoms with Crippen molar-refractivity contribution in [3.63, 3.8) is 0 Å². The Morgan fingerprint density at radius 3 is 2.92 bits per heavy atom. The largest absolute Gasteiger partial charge is 0.497 e. The monoisotopic (exact) mass is 345 g/mol. The molecule has 126 valence electrons. The Hall–Kier alpha value is -2.28. The normalized spacial score (nSPS) is 17.5. The van der Waals surface area contributed by atoms with E-state index in [4.69, 9.17) is 4.74 Å². The Bertz CT molecular complexity index is 708. The molecule has 0 aliphatic carbocycles. The van der Waals surface area contributed by atoms with Gasteiger partial charge in [0.05, 0.1) is 13.0 Å². The van der Waals surface area contributed by atoms with Gasteiger partial charge in [0, 0.05) is 18.0 Å². The minimum Gasteiger partial charge on any atom is -0.497 e. The molecule has 1 aliphatic heterocycles. The third-order valence-corrected chi connectivity index (χ3v) is 4.90. The number of nitrogens with zero attached hydrogens (tertiary/aromatic N) is 3. The molecule has 2 aromatic rings. The van der Waals surface area contributed by atoms with E-state index in [0.29, 0.717) is 6.54 Å². The van der Waals surface area contributed by atoms with Crippen LogP contribution in [0.15, 0.2) is 46.3 Å². The summed E-state index contributed by atoms with van der Waals surface area (Å²) in [6.07, 6.45) is 1.59. The lowest BCUT2D eigenvalue weighted by molar-refractivity contribution is -0.141. The number of hydrogen-bond acceptors (Lipinski definition) is 6. The standard InChI is InChI=1S/C17H19N3O3S/c1-23-13-5-2-6-14(10-13)24-16-8-7-15(18-19-16)20-9-3-4-12(11-20)17(21)22/h2,5-8,10,12H,3-4,9,11H2,1H3,(H,21,22)/t12-/m1/s1. The maximum absolute atomic E-state index is 11.2. The molecule has 6 nitrogen and oxygen atoms in total. The Kier molecular flexibility index (Phi) is 5.20. The predicted octanol–water partition coefficient (Wildman–Crippen LogP) is 2.94. The number of carboxylic acids is 1. The topological polar surface area (TPSA) is 75.5 Å². The number of aliphatic carboxylic acids is 1.